The molecule has 2 aliphatic heterocycles. The number of hydrogen-bond donors (Lipinski definition) is 0. The maximum absolute atomic E-state index is 5.36. The average molecular weight is 351 g/mol. The fraction of sp³-hybridized carbons (Fsp3) is 1.00. The van der Waals surface area contributed by atoms with Crippen molar-refractivity contribution in [2.75, 3.05) is 0 Å². The van der Waals surface area contributed by atoms with Crippen molar-refractivity contribution < 1.29 is 19.6 Å². The first kappa shape index (κ1) is 14.1. The Kier molecular flexibility index (Phi) is 4.10. The first-order chi connectivity index (χ1) is 8.04. The molecule has 2 saturated heterocycles. The molecule has 0 bridgehead atoms. The fourth-order valence-electron chi connectivity index (χ4n) is 2.85. The van der Waals surface area contributed by atoms with E-state index in [-0.39, 0.29) is 7.61 Å². The number of hydrogen-bond acceptors (Lipinski definition) is 4. The Bertz CT molecular complexity index is 246. The van der Waals surface area contributed by atoms with Gasteiger partial charge in [0, 0.05) is 0 Å². The van der Waals surface area contributed by atoms with Gasteiger partial charge < -0.3 is 0 Å². The molecular weight excluding hydrogens is 327 g/mol. The van der Waals surface area contributed by atoms with E-state index in [2.05, 4.69) is 27.7 Å². The molecule has 0 aromatic heterocycles. The summed E-state index contributed by atoms with van der Waals surface area (Å²) in [5, 5.41) is 0. The van der Waals surface area contributed by atoms with Gasteiger partial charge in [0.25, 0.3) is 0 Å². The Morgan fingerprint density at radius 1 is 0.765 bits per heavy atom. The van der Waals surface area contributed by atoms with Gasteiger partial charge in [0.15, 0.2) is 0 Å². The second-order valence-corrected chi connectivity index (χ2v) is 19.7. The molecule has 5 heteroatoms. The second kappa shape index (κ2) is 4.96. The van der Waals surface area contributed by atoms with Gasteiger partial charge in [-0.1, -0.05) is 0 Å². The zero-order valence-electron chi connectivity index (χ0n) is 11.4. The molecule has 2 heterocycles. The van der Waals surface area contributed by atoms with Gasteiger partial charge in [0.05, 0.1) is 0 Å². The standard InChI is InChI=1S/2C4H9.2C2H3O2.Sn/c2*1-3-4-2;2*1-2-3-4-2;/h2*1,3-4H2,2H3;2*1H3;. The predicted molar refractivity (Wildman–Crippen MR) is 66.3 cm³/mol. The van der Waals surface area contributed by atoms with Gasteiger partial charge in [0.2, 0.25) is 0 Å². The zero-order chi connectivity index (χ0) is 12.6. The van der Waals surface area contributed by atoms with E-state index in [0.29, 0.717) is 0 Å². The van der Waals surface area contributed by atoms with Gasteiger partial charge in [-0.3, -0.25) is 0 Å². The van der Waals surface area contributed by atoms with Crippen LogP contribution in [-0.4, -0.2) is 26.0 Å². The van der Waals surface area contributed by atoms with E-state index in [0.717, 1.165) is 0 Å². The van der Waals surface area contributed by atoms with Crippen LogP contribution >= 0.6 is 0 Å². The summed E-state index contributed by atoms with van der Waals surface area (Å²) in [4.78, 5) is 21.4. The van der Waals surface area contributed by atoms with Crippen LogP contribution in [0, 0.1) is 0 Å². The molecule has 0 unspecified atom stereocenters. The summed E-state index contributed by atoms with van der Waals surface area (Å²) in [6.45, 7) is 8.63. The van der Waals surface area contributed by atoms with Crippen LogP contribution < -0.4 is 0 Å². The van der Waals surface area contributed by atoms with Crippen LogP contribution in [0.5, 0.6) is 0 Å². The van der Waals surface area contributed by atoms with Crippen LogP contribution in [0.2, 0.25) is 8.87 Å². The summed E-state index contributed by atoms with van der Waals surface area (Å²) in [5.41, 5.74) is 0. The summed E-state index contributed by atoms with van der Waals surface area (Å²) in [5.74, 6) is 0. The van der Waals surface area contributed by atoms with E-state index in [1.165, 1.54) is 34.6 Å². The van der Waals surface area contributed by atoms with Gasteiger partial charge in [-0.25, -0.2) is 0 Å². The maximum atomic E-state index is 5.36. The van der Waals surface area contributed by atoms with Gasteiger partial charge in [0.1, 0.15) is 0 Å². The van der Waals surface area contributed by atoms with Crippen LogP contribution in [-0.2, 0) is 19.6 Å². The van der Waals surface area contributed by atoms with Crippen LogP contribution in [0.3, 0.4) is 0 Å². The molecule has 0 atom stereocenters. The molecule has 0 N–H and O–H groups in total. The summed E-state index contributed by atoms with van der Waals surface area (Å²) in [6.07, 6.45) is 4.86. The molecule has 4 nitrogen and oxygen atoms in total. The van der Waals surface area contributed by atoms with E-state index in [9.17, 15) is 0 Å². The average Bonchev–Trinajstić information content (AvgIpc) is 3.20. The molecule has 0 aromatic rings. The van der Waals surface area contributed by atoms with Crippen LogP contribution in [0.4, 0.5) is 0 Å². The van der Waals surface area contributed by atoms with Crippen LogP contribution in [0.1, 0.15) is 53.4 Å². The first-order valence-electron chi connectivity index (χ1n) is 6.77. The zero-order valence-corrected chi connectivity index (χ0v) is 14.2. The third-order valence-electron chi connectivity index (χ3n) is 4.32. The Balaban J connectivity index is 2.17. The molecular formula is C12H24O4Sn. The second-order valence-electron chi connectivity index (χ2n) is 5.51. The third-order valence-corrected chi connectivity index (χ3v) is 22.1. The SMILES string of the molecule is CCC[CH2][Sn]([CH2]CCC)([C]1(C)OO1)[C]1(C)OO1. The van der Waals surface area contributed by atoms with E-state index >= 15 is 0 Å². The van der Waals surface area contributed by atoms with Crippen LogP contribution in [0.15, 0.2) is 0 Å². The molecule has 17 heavy (non-hydrogen) atoms. The van der Waals surface area contributed by atoms with Crippen molar-refractivity contribution in [3.8, 4) is 0 Å². The van der Waals surface area contributed by atoms with E-state index in [1.54, 1.807) is 0 Å². The number of unbranched alkanes of at least 4 members (excludes halogenated alkanes) is 2. The summed E-state index contributed by atoms with van der Waals surface area (Å²) >= 11 is -2.79. The summed E-state index contributed by atoms with van der Waals surface area (Å²) in [6, 6.07) is 0. The first-order valence-corrected chi connectivity index (χ1v) is 13.7. The van der Waals surface area contributed by atoms with Gasteiger partial charge in [-0.15, -0.1) is 0 Å². The summed E-state index contributed by atoms with van der Waals surface area (Å²) in [7, 11) is 0. The van der Waals surface area contributed by atoms with Crippen molar-refractivity contribution in [3.05, 3.63) is 0 Å². The van der Waals surface area contributed by atoms with Crippen molar-refractivity contribution in [1.29, 1.82) is 0 Å². The van der Waals surface area contributed by atoms with Gasteiger partial charge >= 0.3 is 108 Å². The molecule has 0 radical (unpaired) electrons. The van der Waals surface area contributed by atoms with Gasteiger partial charge in [-0.2, -0.15) is 0 Å². The molecule has 2 fully saturated rings. The molecule has 0 aliphatic carbocycles. The predicted octanol–water partition coefficient (Wildman–Crippen LogP) is 3.47. The molecule has 0 amide bonds. The quantitative estimate of drug-likeness (QED) is 0.382. The van der Waals surface area contributed by atoms with Gasteiger partial charge in [-0.05, 0) is 0 Å². The molecule has 0 aromatic carbocycles. The summed E-state index contributed by atoms with van der Waals surface area (Å²) < 4.78 is 1.78. The van der Waals surface area contributed by atoms with Crippen molar-refractivity contribution in [1.82, 2.24) is 0 Å². The normalized spacial score (nSPS) is 24.7. The Morgan fingerprint density at radius 2 is 1.12 bits per heavy atom. The van der Waals surface area contributed by atoms with Crippen molar-refractivity contribution in [2.45, 2.75) is 69.9 Å². The molecule has 2 rings (SSSR count). The Morgan fingerprint density at radius 3 is 1.35 bits per heavy atom. The monoisotopic (exact) mass is 352 g/mol. The molecule has 0 spiro atoms. The minimum atomic E-state index is -2.79. The van der Waals surface area contributed by atoms with E-state index < -0.39 is 18.4 Å². The van der Waals surface area contributed by atoms with Crippen molar-refractivity contribution in [2.24, 2.45) is 0 Å². The topological polar surface area (TPSA) is 50.1 Å². The molecule has 2 aliphatic rings. The molecule has 100 valence electrons. The van der Waals surface area contributed by atoms with Crippen molar-refractivity contribution >= 4 is 18.4 Å². The minimum absolute atomic E-state index is 0.329. The van der Waals surface area contributed by atoms with E-state index in [1.807, 2.05) is 0 Å². The number of rotatable bonds is 8. The van der Waals surface area contributed by atoms with Crippen molar-refractivity contribution in [3.63, 3.8) is 0 Å². The molecule has 0 saturated carbocycles. The Labute approximate surface area is 108 Å². The Hall–Kier alpha value is 0.639. The third kappa shape index (κ3) is 2.39. The van der Waals surface area contributed by atoms with E-state index in [4.69, 9.17) is 19.6 Å². The van der Waals surface area contributed by atoms with Crippen LogP contribution in [0.25, 0.3) is 0 Å². The fourth-order valence-corrected chi connectivity index (χ4v) is 18.6.